The predicted molar refractivity (Wildman–Crippen MR) is 82.3 cm³/mol. The second kappa shape index (κ2) is 9.78. The Morgan fingerprint density at radius 1 is 1.00 bits per heavy atom. The van der Waals surface area contributed by atoms with Crippen LogP contribution in [-0.2, 0) is 9.47 Å². The molecular formula is C17H28O3. The molecule has 1 aromatic rings. The van der Waals surface area contributed by atoms with Crippen LogP contribution in [0.5, 0.6) is 5.75 Å². The largest absolute Gasteiger partial charge is 0.465 e. The van der Waals surface area contributed by atoms with Gasteiger partial charge in [-0.2, -0.15) is 0 Å². The van der Waals surface area contributed by atoms with Crippen LogP contribution in [0.15, 0.2) is 24.3 Å². The Kier molecular flexibility index (Phi) is 8.31. The van der Waals surface area contributed by atoms with Crippen LogP contribution in [0.25, 0.3) is 0 Å². The Hall–Kier alpha value is -1.06. The summed E-state index contributed by atoms with van der Waals surface area (Å²) in [6.07, 6.45) is 2.95. The minimum Gasteiger partial charge on any atom is -0.465 e. The Morgan fingerprint density at radius 2 is 1.65 bits per heavy atom. The molecule has 0 amide bonds. The van der Waals surface area contributed by atoms with Crippen molar-refractivity contribution in [2.24, 2.45) is 0 Å². The number of hydrogen-bond donors (Lipinski definition) is 0. The molecule has 0 saturated carbocycles. The summed E-state index contributed by atoms with van der Waals surface area (Å²) in [7, 11) is 1.72. The summed E-state index contributed by atoms with van der Waals surface area (Å²) < 4.78 is 16.3. The molecule has 0 saturated heterocycles. The highest BCUT2D eigenvalue weighted by Crippen LogP contribution is 2.22. The molecule has 1 aromatic carbocycles. The van der Waals surface area contributed by atoms with Crippen molar-refractivity contribution in [3.63, 3.8) is 0 Å². The Labute approximate surface area is 123 Å². The molecule has 114 valence electrons. The lowest BCUT2D eigenvalue weighted by molar-refractivity contribution is -0.0684. The van der Waals surface area contributed by atoms with E-state index >= 15 is 0 Å². The number of hydrogen-bond acceptors (Lipinski definition) is 3. The number of unbranched alkanes of at least 4 members (excludes halogenated alkanes) is 1. The van der Waals surface area contributed by atoms with Crippen LogP contribution in [-0.4, -0.2) is 26.6 Å². The summed E-state index contributed by atoms with van der Waals surface area (Å²) in [4.78, 5) is 0. The van der Waals surface area contributed by atoms with E-state index in [2.05, 4.69) is 26.0 Å². The maximum Gasteiger partial charge on any atom is 0.196 e. The molecular weight excluding hydrogens is 252 g/mol. The molecule has 20 heavy (non-hydrogen) atoms. The van der Waals surface area contributed by atoms with Crippen LogP contribution in [0, 0.1) is 0 Å². The van der Waals surface area contributed by atoms with Crippen LogP contribution in [0.4, 0.5) is 0 Å². The summed E-state index contributed by atoms with van der Waals surface area (Å²) in [5.41, 5.74) is 1.35. The van der Waals surface area contributed by atoms with Gasteiger partial charge in [0.25, 0.3) is 0 Å². The monoisotopic (exact) mass is 280 g/mol. The summed E-state index contributed by atoms with van der Waals surface area (Å²) in [5, 5.41) is 0. The predicted octanol–water partition coefficient (Wildman–Crippen LogP) is 4.37. The summed E-state index contributed by atoms with van der Waals surface area (Å²) in [5.74, 6) is 1.46. The highest BCUT2D eigenvalue weighted by molar-refractivity contribution is 5.29. The standard InChI is InChI=1S/C17H28O3/c1-5-14(2)16-8-10-17(11-9-16)20-15(3)19-13-7-6-12-18-4/h8-11,14-15H,5-7,12-13H2,1-4H3. The first-order valence-electron chi connectivity index (χ1n) is 7.54. The molecule has 3 heteroatoms. The Morgan fingerprint density at radius 3 is 2.25 bits per heavy atom. The lowest BCUT2D eigenvalue weighted by Crippen LogP contribution is -2.17. The van der Waals surface area contributed by atoms with Crippen LogP contribution in [0.1, 0.15) is 51.5 Å². The van der Waals surface area contributed by atoms with Gasteiger partial charge in [-0.05, 0) is 49.8 Å². The topological polar surface area (TPSA) is 27.7 Å². The van der Waals surface area contributed by atoms with Gasteiger partial charge in [-0.1, -0.05) is 26.0 Å². The van der Waals surface area contributed by atoms with Crippen LogP contribution in [0.2, 0.25) is 0 Å². The molecule has 0 N–H and O–H groups in total. The zero-order valence-electron chi connectivity index (χ0n) is 13.2. The molecule has 3 nitrogen and oxygen atoms in total. The molecule has 0 aromatic heterocycles. The van der Waals surface area contributed by atoms with Crippen molar-refractivity contribution in [2.45, 2.75) is 52.2 Å². The van der Waals surface area contributed by atoms with E-state index in [4.69, 9.17) is 14.2 Å². The van der Waals surface area contributed by atoms with E-state index in [1.165, 1.54) is 5.56 Å². The second-order valence-electron chi connectivity index (χ2n) is 5.13. The molecule has 0 aliphatic rings. The number of benzene rings is 1. The minimum atomic E-state index is -0.216. The molecule has 2 atom stereocenters. The zero-order valence-corrected chi connectivity index (χ0v) is 13.2. The quantitative estimate of drug-likeness (QED) is 0.470. The first kappa shape index (κ1) is 17.0. The molecule has 0 bridgehead atoms. The molecule has 0 aliphatic heterocycles. The van der Waals surface area contributed by atoms with Gasteiger partial charge < -0.3 is 14.2 Å². The van der Waals surface area contributed by atoms with Crippen LogP contribution >= 0.6 is 0 Å². The summed E-state index contributed by atoms with van der Waals surface area (Å²) in [6.45, 7) is 7.86. The first-order valence-corrected chi connectivity index (χ1v) is 7.54. The fourth-order valence-electron chi connectivity index (χ4n) is 1.93. The van der Waals surface area contributed by atoms with E-state index in [0.29, 0.717) is 12.5 Å². The molecule has 0 fully saturated rings. The first-order chi connectivity index (χ1) is 9.67. The van der Waals surface area contributed by atoms with Crippen molar-refractivity contribution < 1.29 is 14.2 Å². The Balaban J connectivity index is 2.29. The van der Waals surface area contributed by atoms with E-state index in [1.807, 2.05) is 19.1 Å². The van der Waals surface area contributed by atoms with Crippen molar-refractivity contribution in [3.8, 4) is 5.75 Å². The van der Waals surface area contributed by atoms with Gasteiger partial charge in [-0.3, -0.25) is 0 Å². The van der Waals surface area contributed by atoms with Gasteiger partial charge in [0, 0.05) is 13.7 Å². The maximum absolute atomic E-state index is 5.74. The molecule has 2 unspecified atom stereocenters. The lowest BCUT2D eigenvalue weighted by atomic mass is 9.99. The van der Waals surface area contributed by atoms with E-state index in [0.717, 1.165) is 31.6 Å². The van der Waals surface area contributed by atoms with Crippen LogP contribution in [0.3, 0.4) is 0 Å². The number of methoxy groups -OCH3 is 1. The van der Waals surface area contributed by atoms with Crippen LogP contribution < -0.4 is 4.74 Å². The average molecular weight is 280 g/mol. The Bertz CT molecular complexity index is 348. The third kappa shape index (κ3) is 6.40. The molecule has 0 spiro atoms. The lowest BCUT2D eigenvalue weighted by Gasteiger charge is -2.16. The summed E-state index contributed by atoms with van der Waals surface area (Å²) >= 11 is 0. The van der Waals surface area contributed by atoms with E-state index in [1.54, 1.807) is 7.11 Å². The van der Waals surface area contributed by atoms with Gasteiger partial charge in [0.2, 0.25) is 0 Å². The van der Waals surface area contributed by atoms with E-state index in [9.17, 15) is 0 Å². The SMILES string of the molecule is CCC(C)c1ccc(OC(C)OCCCCOC)cc1. The van der Waals surface area contributed by atoms with Gasteiger partial charge in [0.05, 0.1) is 6.61 Å². The zero-order chi connectivity index (χ0) is 14.8. The fraction of sp³-hybridized carbons (Fsp3) is 0.647. The highest BCUT2D eigenvalue weighted by atomic mass is 16.7. The van der Waals surface area contributed by atoms with Crippen molar-refractivity contribution in [2.75, 3.05) is 20.3 Å². The second-order valence-corrected chi connectivity index (χ2v) is 5.13. The third-order valence-corrected chi connectivity index (χ3v) is 3.46. The number of ether oxygens (including phenoxy) is 3. The summed E-state index contributed by atoms with van der Waals surface area (Å²) in [6, 6.07) is 8.31. The average Bonchev–Trinajstić information content (AvgIpc) is 2.47. The smallest absolute Gasteiger partial charge is 0.196 e. The van der Waals surface area contributed by atoms with E-state index < -0.39 is 0 Å². The van der Waals surface area contributed by atoms with Gasteiger partial charge in [0.1, 0.15) is 5.75 Å². The van der Waals surface area contributed by atoms with Gasteiger partial charge in [0.15, 0.2) is 6.29 Å². The molecule has 1 rings (SSSR count). The normalized spacial score (nSPS) is 14.0. The third-order valence-electron chi connectivity index (χ3n) is 3.46. The van der Waals surface area contributed by atoms with Crippen molar-refractivity contribution in [1.29, 1.82) is 0 Å². The van der Waals surface area contributed by atoms with Crippen molar-refractivity contribution in [1.82, 2.24) is 0 Å². The fourth-order valence-corrected chi connectivity index (χ4v) is 1.93. The highest BCUT2D eigenvalue weighted by Gasteiger charge is 2.06. The molecule has 0 heterocycles. The van der Waals surface area contributed by atoms with Crippen molar-refractivity contribution >= 4 is 0 Å². The molecule has 0 radical (unpaired) electrons. The van der Waals surface area contributed by atoms with Gasteiger partial charge in [-0.15, -0.1) is 0 Å². The van der Waals surface area contributed by atoms with Gasteiger partial charge >= 0.3 is 0 Å². The van der Waals surface area contributed by atoms with Gasteiger partial charge in [-0.25, -0.2) is 0 Å². The number of rotatable bonds is 10. The maximum atomic E-state index is 5.74. The van der Waals surface area contributed by atoms with E-state index in [-0.39, 0.29) is 6.29 Å². The minimum absolute atomic E-state index is 0.216. The van der Waals surface area contributed by atoms with Crippen molar-refractivity contribution in [3.05, 3.63) is 29.8 Å². The molecule has 0 aliphatic carbocycles.